The average molecular weight is 358 g/mol. The van der Waals surface area contributed by atoms with Crippen molar-refractivity contribution in [1.82, 2.24) is 9.88 Å². The van der Waals surface area contributed by atoms with Gasteiger partial charge in [-0.05, 0) is 42.7 Å². The van der Waals surface area contributed by atoms with Gasteiger partial charge in [0, 0.05) is 24.3 Å². The van der Waals surface area contributed by atoms with Crippen molar-refractivity contribution in [3.63, 3.8) is 0 Å². The number of rotatable bonds is 3. The molecule has 2 aliphatic heterocycles. The van der Waals surface area contributed by atoms with Crippen LogP contribution in [0.25, 0.3) is 0 Å². The zero-order valence-electron chi connectivity index (χ0n) is 13.9. The highest BCUT2D eigenvalue weighted by atomic mass is 35.5. The number of pyridine rings is 1. The van der Waals surface area contributed by atoms with Crippen LogP contribution >= 0.6 is 11.6 Å². The number of β-amino-alcohol motifs (C(OH)–C–C–N with tert-alkyl or cyclic N) is 1. The van der Waals surface area contributed by atoms with Gasteiger partial charge in [-0.1, -0.05) is 23.7 Å². The summed E-state index contributed by atoms with van der Waals surface area (Å²) in [5.74, 6) is 0.681. The molecule has 2 fully saturated rings. The number of nitrogens with zero attached hydrogens (tertiary/aromatic N) is 3. The second kappa shape index (κ2) is 6.32. The zero-order valence-corrected chi connectivity index (χ0v) is 14.6. The molecule has 2 saturated heterocycles. The van der Waals surface area contributed by atoms with E-state index in [-0.39, 0.29) is 19.0 Å². The first kappa shape index (κ1) is 16.4. The Morgan fingerprint density at radius 2 is 1.80 bits per heavy atom. The van der Waals surface area contributed by atoms with Crippen molar-refractivity contribution in [1.29, 1.82) is 0 Å². The van der Waals surface area contributed by atoms with Crippen molar-refractivity contribution in [3.8, 4) is 0 Å². The Labute approximate surface area is 151 Å². The van der Waals surface area contributed by atoms with Gasteiger partial charge in [0.05, 0.1) is 18.7 Å². The first-order valence-corrected chi connectivity index (χ1v) is 8.92. The van der Waals surface area contributed by atoms with E-state index in [1.807, 2.05) is 18.2 Å². The zero-order chi connectivity index (χ0) is 17.4. The molecule has 2 aliphatic rings. The predicted octanol–water partition coefficient (Wildman–Crippen LogP) is 2.68. The fourth-order valence-corrected chi connectivity index (χ4v) is 3.71. The smallest absolute Gasteiger partial charge is 0.257 e. The molecule has 0 radical (unpaired) electrons. The van der Waals surface area contributed by atoms with Crippen molar-refractivity contribution in [2.45, 2.75) is 18.4 Å². The lowest BCUT2D eigenvalue weighted by Gasteiger charge is -2.47. The number of likely N-dealkylation sites (tertiary alicyclic amines) is 1. The van der Waals surface area contributed by atoms with Crippen LogP contribution in [-0.2, 0) is 5.60 Å². The Hall–Kier alpha value is -2.11. The van der Waals surface area contributed by atoms with Crippen LogP contribution < -0.4 is 4.90 Å². The number of aromatic nitrogens is 1. The number of aliphatic hydroxyl groups is 1. The summed E-state index contributed by atoms with van der Waals surface area (Å²) in [7, 11) is 0. The van der Waals surface area contributed by atoms with Crippen molar-refractivity contribution in [3.05, 3.63) is 58.7 Å². The summed E-state index contributed by atoms with van der Waals surface area (Å²) in [4.78, 5) is 21.2. The molecule has 3 heterocycles. The Bertz CT molecular complexity index is 782. The number of hydrogen-bond acceptors (Lipinski definition) is 4. The summed E-state index contributed by atoms with van der Waals surface area (Å²) in [5, 5.41) is 11.4. The number of carbonyl (C=O) groups excluding carboxylic acids is 1. The van der Waals surface area contributed by atoms with Gasteiger partial charge in [0.25, 0.3) is 5.91 Å². The van der Waals surface area contributed by atoms with Crippen LogP contribution in [0.1, 0.15) is 28.8 Å². The summed E-state index contributed by atoms with van der Waals surface area (Å²) in [6, 6.07) is 10.7. The maximum Gasteiger partial charge on any atom is 0.257 e. The molecular formula is C19H20ClN3O2. The van der Waals surface area contributed by atoms with E-state index in [0.29, 0.717) is 10.6 Å². The van der Waals surface area contributed by atoms with Gasteiger partial charge in [-0.25, -0.2) is 4.98 Å². The Kier molecular flexibility index (Phi) is 4.13. The van der Waals surface area contributed by atoms with Gasteiger partial charge in [-0.2, -0.15) is 0 Å². The quantitative estimate of drug-likeness (QED) is 0.917. The predicted molar refractivity (Wildman–Crippen MR) is 96.9 cm³/mol. The topological polar surface area (TPSA) is 56.7 Å². The van der Waals surface area contributed by atoms with Crippen LogP contribution in [-0.4, -0.2) is 47.1 Å². The van der Waals surface area contributed by atoms with Gasteiger partial charge in [0.15, 0.2) is 0 Å². The minimum atomic E-state index is -1.00. The van der Waals surface area contributed by atoms with E-state index in [1.54, 1.807) is 29.3 Å². The number of benzene rings is 1. The second-order valence-electron chi connectivity index (χ2n) is 6.77. The second-order valence-corrected chi connectivity index (χ2v) is 7.20. The van der Waals surface area contributed by atoms with E-state index in [0.717, 1.165) is 37.3 Å². The molecule has 0 atom stereocenters. The first-order chi connectivity index (χ1) is 12.1. The SMILES string of the molecule is O=C(c1cccnc1N1CCCC1)N1CC(O)(c2ccc(Cl)cc2)C1. The standard InChI is InChI=1S/C19H20ClN3O2/c20-15-7-5-14(6-8-15)19(25)12-23(13-19)18(24)16-4-3-9-21-17(16)22-10-1-2-11-22/h3-9,25H,1-2,10-13H2. The third-order valence-electron chi connectivity index (χ3n) is 5.00. The average Bonchev–Trinajstić information content (AvgIpc) is 3.13. The fraction of sp³-hybridized carbons (Fsp3) is 0.368. The van der Waals surface area contributed by atoms with Crippen LogP contribution in [0.4, 0.5) is 5.82 Å². The molecule has 25 heavy (non-hydrogen) atoms. The van der Waals surface area contributed by atoms with E-state index >= 15 is 0 Å². The van der Waals surface area contributed by atoms with Gasteiger partial charge in [0.1, 0.15) is 11.4 Å². The highest BCUT2D eigenvalue weighted by Gasteiger charge is 2.45. The van der Waals surface area contributed by atoms with Crippen LogP contribution in [0.15, 0.2) is 42.6 Å². The third kappa shape index (κ3) is 2.98. The van der Waals surface area contributed by atoms with E-state index in [1.165, 1.54) is 0 Å². The van der Waals surface area contributed by atoms with Crippen molar-refractivity contribution in [2.24, 2.45) is 0 Å². The number of carbonyl (C=O) groups is 1. The summed E-state index contributed by atoms with van der Waals surface area (Å²) in [5.41, 5.74) is 0.394. The summed E-state index contributed by atoms with van der Waals surface area (Å²) in [6.07, 6.45) is 3.99. The molecule has 0 saturated carbocycles. The van der Waals surface area contributed by atoms with Gasteiger partial charge >= 0.3 is 0 Å². The third-order valence-corrected chi connectivity index (χ3v) is 5.25. The molecule has 4 rings (SSSR count). The highest BCUT2D eigenvalue weighted by molar-refractivity contribution is 6.30. The van der Waals surface area contributed by atoms with Gasteiger partial charge < -0.3 is 14.9 Å². The molecule has 1 N–H and O–H groups in total. The van der Waals surface area contributed by atoms with Gasteiger partial charge in [-0.15, -0.1) is 0 Å². The lowest BCUT2D eigenvalue weighted by atomic mass is 9.85. The highest BCUT2D eigenvalue weighted by Crippen LogP contribution is 2.34. The van der Waals surface area contributed by atoms with E-state index in [2.05, 4.69) is 9.88 Å². The molecule has 1 aromatic carbocycles. The van der Waals surface area contributed by atoms with E-state index in [4.69, 9.17) is 11.6 Å². The summed E-state index contributed by atoms with van der Waals surface area (Å²) >= 11 is 5.90. The maximum absolute atomic E-state index is 12.9. The maximum atomic E-state index is 12.9. The van der Waals surface area contributed by atoms with Gasteiger partial charge in [-0.3, -0.25) is 4.79 Å². The molecule has 130 valence electrons. The molecule has 6 heteroatoms. The minimum Gasteiger partial charge on any atom is -0.381 e. The normalized spacial score (nSPS) is 19.0. The van der Waals surface area contributed by atoms with Crippen molar-refractivity contribution in [2.75, 3.05) is 31.1 Å². The number of anilines is 1. The Morgan fingerprint density at radius 1 is 1.12 bits per heavy atom. The van der Waals surface area contributed by atoms with E-state index < -0.39 is 5.60 Å². The Morgan fingerprint density at radius 3 is 2.48 bits per heavy atom. The van der Waals surface area contributed by atoms with Crippen LogP contribution in [0.2, 0.25) is 5.02 Å². The van der Waals surface area contributed by atoms with Gasteiger partial charge in [0.2, 0.25) is 0 Å². The van der Waals surface area contributed by atoms with Crippen molar-refractivity contribution < 1.29 is 9.90 Å². The Balaban J connectivity index is 1.51. The number of hydrogen-bond donors (Lipinski definition) is 1. The van der Waals surface area contributed by atoms with Crippen LogP contribution in [0.3, 0.4) is 0 Å². The number of halogens is 1. The molecule has 0 aliphatic carbocycles. The molecular weight excluding hydrogens is 338 g/mol. The molecule has 1 aromatic heterocycles. The van der Waals surface area contributed by atoms with Crippen LogP contribution in [0, 0.1) is 0 Å². The molecule has 1 amide bonds. The van der Waals surface area contributed by atoms with Crippen molar-refractivity contribution >= 4 is 23.3 Å². The molecule has 0 unspecified atom stereocenters. The van der Waals surface area contributed by atoms with E-state index in [9.17, 15) is 9.90 Å². The molecule has 0 bridgehead atoms. The molecule has 2 aromatic rings. The van der Waals surface area contributed by atoms with Crippen LogP contribution in [0.5, 0.6) is 0 Å². The summed E-state index contributed by atoms with van der Waals surface area (Å²) < 4.78 is 0. The largest absolute Gasteiger partial charge is 0.381 e. The minimum absolute atomic E-state index is 0.0753. The lowest BCUT2D eigenvalue weighted by Crippen LogP contribution is -2.61. The molecule has 0 spiro atoms. The monoisotopic (exact) mass is 357 g/mol. The summed E-state index contributed by atoms with van der Waals surface area (Å²) in [6.45, 7) is 2.43. The fourth-order valence-electron chi connectivity index (χ4n) is 3.59. The number of amides is 1. The lowest BCUT2D eigenvalue weighted by molar-refractivity contribution is -0.0863. The first-order valence-electron chi connectivity index (χ1n) is 8.54. The molecule has 5 nitrogen and oxygen atoms in total.